The van der Waals surface area contributed by atoms with Crippen LogP contribution in [0, 0.1) is 0 Å². The molecule has 0 saturated carbocycles. The van der Waals surface area contributed by atoms with Crippen LogP contribution in [-0.2, 0) is 24.9 Å². The fraction of sp³-hybridized carbons (Fsp3) is 0.647. The monoisotopic (exact) mass is 334 g/mol. The van der Waals surface area contributed by atoms with E-state index in [1.165, 1.54) is 9.13 Å². The molecule has 0 aliphatic heterocycles. The Hall–Kier alpha value is -2.18. The molecule has 7 heteroatoms. The molecule has 2 aromatic heterocycles. The Labute approximate surface area is 140 Å². The number of aryl methyl sites for hydroxylation is 2. The molecule has 0 spiro atoms. The van der Waals surface area contributed by atoms with Crippen LogP contribution in [0.1, 0.15) is 52.4 Å². The van der Waals surface area contributed by atoms with Crippen LogP contribution in [0.25, 0.3) is 11.2 Å². The summed E-state index contributed by atoms with van der Waals surface area (Å²) in [5.41, 5.74) is 0.278. The topological polar surface area (TPSA) is 78.9 Å². The highest BCUT2D eigenvalue weighted by atomic mass is 16.2. The Morgan fingerprint density at radius 2 is 1.83 bits per heavy atom. The zero-order chi connectivity index (χ0) is 17.7. The van der Waals surface area contributed by atoms with E-state index in [-0.39, 0.29) is 17.0 Å². The Bertz CT molecular complexity index is 829. The van der Waals surface area contributed by atoms with Gasteiger partial charge in [0, 0.05) is 26.6 Å². The van der Waals surface area contributed by atoms with E-state index >= 15 is 0 Å². The molecule has 0 unspecified atom stereocenters. The zero-order valence-corrected chi connectivity index (χ0v) is 14.7. The fourth-order valence-corrected chi connectivity index (χ4v) is 2.86. The maximum Gasteiger partial charge on any atom is 0.332 e. The first kappa shape index (κ1) is 18.2. The normalized spacial score (nSPS) is 11.3. The first-order valence-electron chi connectivity index (χ1n) is 8.61. The predicted octanol–water partition coefficient (Wildman–Crippen LogP) is 1.85. The van der Waals surface area contributed by atoms with Crippen molar-refractivity contribution in [1.29, 1.82) is 0 Å². The number of nitrogens with zero attached hydrogens (tertiary/aromatic N) is 4. The molecule has 2 heterocycles. The number of imidazole rings is 1. The van der Waals surface area contributed by atoms with Crippen molar-refractivity contribution in [3.8, 4) is 0 Å². The summed E-state index contributed by atoms with van der Waals surface area (Å²) in [6.45, 7) is 4.73. The number of fused-ring (bicyclic) bond motifs is 1. The van der Waals surface area contributed by atoms with E-state index in [2.05, 4.69) is 11.9 Å². The molecular formula is C17H26N4O3. The maximum absolute atomic E-state index is 12.8. The molecule has 0 N–H and O–H groups in total. The largest absolute Gasteiger partial charge is 0.332 e. The van der Waals surface area contributed by atoms with Gasteiger partial charge in [-0.2, -0.15) is 0 Å². The van der Waals surface area contributed by atoms with Crippen molar-refractivity contribution in [3.63, 3.8) is 0 Å². The molecule has 0 fully saturated rings. The lowest BCUT2D eigenvalue weighted by molar-refractivity contribution is -0.117. The molecule has 0 saturated heterocycles. The summed E-state index contributed by atoms with van der Waals surface area (Å²) >= 11 is 0. The van der Waals surface area contributed by atoms with Gasteiger partial charge in [0.1, 0.15) is 5.78 Å². The number of rotatable bonds is 9. The molecule has 0 aliphatic carbocycles. The molecule has 24 heavy (non-hydrogen) atoms. The smallest absolute Gasteiger partial charge is 0.325 e. The fourth-order valence-electron chi connectivity index (χ4n) is 2.86. The SMILES string of the molecule is CCCCCn1cnc2c1c(=O)n(CCCCC(C)=O)c(=O)n2C. The van der Waals surface area contributed by atoms with E-state index in [1.807, 2.05) is 4.57 Å². The van der Waals surface area contributed by atoms with Crippen molar-refractivity contribution in [2.45, 2.75) is 65.5 Å². The Kier molecular flexibility index (Phi) is 6.11. The van der Waals surface area contributed by atoms with Crippen LogP contribution in [0.15, 0.2) is 15.9 Å². The molecule has 0 radical (unpaired) electrons. The summed E-state index contributed by atoms with van der Waals surface area (Å²) in [4.78, 5) is 40.4. The number of ketones is 1. The van der Waals surface area contributed by atoms with Crippen molar-refractivity contribution in [2.75, 3.05) is 0 Å². The molecule has 0 aliphatic rings. The summed E-state index contributed by atoms with van der Waals surface area (Å²) < 4.78 is 4.54. The second-order valence-corrected chi connectivity index (χ2v) is 6.27. The van der Waals surface area contributed by atoms with Crippen LogP contribution in [0.3, 0.4) is 0 Å². The van der Waals surface area contributed by atoms with Gasteiger partial charge in [0.2, 0.25) is 0 Å². The van der Waals surface area contributed by atoms with Gasteiger partial charge in [-0.15, -0.1) is 0 Å². The lowest BCUT2D eigenvalue weighted by atomic mass is 10.2. The second kappa shape index (κ2) is 8.08. The summed E-state index contributed by atoms with van der Waals surface area (Å²) in [6, 6.07) is 0. The van der Waals surface area contributed by atoms with Crippen LogP contribution in [0.5, 0.6) is 0 Å². The third-order valence-electron chi connectivity index (χ3n) is 4.26. The minimum Gasteiger partial charge on any atom is -0.325 e. The number of Topliss-reactive ketones (excluding diaryl/α,β-unsaturated/α-hetero) is 1. The standard InChI is InChI=1S/C17H26N4O3/c1-4-5-7-10-20-12-18-15-14(20)16(23)21(17(24)19(15)3)11-8-6-9-13(2)22/h12H,4-11H2,1-3H3. The van der Waals surface area contributed by atoms with Crippen LogP contribution in [0.4, 0.5) is 0 Å². The van der Waals surface area contributed by atoms with Gasteiger partial charge in [-0.1, -0.05) is 19.8 Å². The van der Waals surface area contributed by atoms with Crippen molar-refractivity contribution in [1.82, 2.24) is 18.7 Å². The van der Waals surface area contributed by atoms with Crippen LogP contribution < -0.4 is 11.2 Å². The number of unbranched alkanes of at least 4 members (excludes halogenated alkanes) is 3. The number of hydrogen-bond acceptors (Lipinski definition) is 4. The van der Waals surface area contributed by atoms with Crippen LogP contribution in [0.2, 0.25) is 0 Å². The first-order chi connectivity index (χ1) is 11.5. The number of carbonyl (C=O) groups excluding carboxylic acids is 1. The third-order valence-corrected chi connectivity index (χ3v) is 4.26. The average molecular weight is 334 g/mol. The Morgan fingerprint density at radius 1 is 1.12 bits per heavy atom. The van der Waals surface area contributed by atoms with Crippen molar-refractivity contribution >= 4 is 16.9 Å². The van der Waals surface area contributed by atoms with E-state index in [1.54, 1.807) is 20.3 Å². The number of hydrogen-bond donors (Lipinski definition) is 0. The van der Waals surface area contributed by atoms with E-state index < -0.39 is 0 Å². The van der Waals surface area contributed by atoms with Crippen molar-refractivity contribution in [3.05, 3.63) is 27.2 Å². The summed E-state index contributed by atoms with van der Waals surface area (Å²) in [5, 5.41) is 0. The highest BCUT2D eigenvalue weighted by Crippen LogP contribution is 2.08. The lowest BCUT2D eigenvalue weighted by Crippen LogP contribution is -2.39. The summed E-state index contributed by atoms with van der Waals surface area (Å²) in [7, 11) is 1.64. The minimum absolute atomic E-state index is 0.125. The van der Waals surface area contributed by atoms with Gasteiger partial charge in [0.25, 0.3) is 5.56 Å². The van der Waals surface area contributed by atoms with Crippen LogP contribution in [-0.4, -0.2) is 24.5 Å². The van der Waals surface area contributed by atoms with Gasteiger partial charge in [-0.05, 0) is 26.2 Å². The average Bonchev–Trinajstić information content (AvgIpc) is 2.96. The molecule has 0 amide bonds. The van der Waals surface area contributed by atoms with Crippen LogP contribution >= 0.6 is 0 Å². The Morgan fingerprint density at radius 3 is 2.50 bits per heavy atom. The highest BCUT2D eigenvalue weighted by molar-refractivity contribution is 5.75. The van der Waals surface area contributed by atoms with Gasteiger partial charge in [0.05, 0.1) is 6.33 Å². The van der Waals surface area contributed by atoms with Crippen molar-refractivity contribution < 1.29 is 4.79 Å². The lowest BCUT2D eigenvalue weighted by Gasteiger charge is -2.09. The Balaban J connectivity index is 2.33. The molecule has 2 aromatic rings. The number of aromatic nitrogens is 4. The quantitative estimate of drug-likeness (QED) is 0.656. The molecule has 2 rings (SSSR count). The molecule has 0 bridgehead atoms. The molecule has 0 aromatic carbocycles. The summed E-state index contributed by atoms with van der Waals surface area (Å²) in [5.74, 6) is 0.125. The van der Waals surface area contributed by atoms with E-state index in [0.29, 0.717) is 37.0 Å². The molecule has 7 nitrogen and oxygen atoms in total. The van der Waals surface area contributed by atoms with E-state index in [9.17, 15) is 14.4 Å². The van der Waals surface area contributed by atoms with Gasteiger partial charge in [-0.3, -0.25) is 13.9 Å². The summed E-state index contributed by atoms with van der Waals surface area (Å²) in [6.07, 6.45) is 6.59. The van der Waals surface area contributed by atoms with Crippen molar-refractivity contribution in [2.24, 2.45) is 7.05 Å². The molecule has 0 atom stereocenters. The predicted molar refractivity (Wildman–Crippen MR) is 93.3 cm³/mol. The number of carbonyl (C=O) groups is 1. The zero-order valence-electron chi connectivity index (χ0n) is 14.7. The first-order valence-corrected chi connectivity index (χ1v) is 8.61. The highest BCUT2D eigenvalue weighted by Gasteiger charge is 2.15. The van der Waals surface area contributed by atoms with Gasteiger partial charge in [0.15, 0.2) is 11.2 Å². The molecule has 132 valence electrons. The van der Waals surface area contributed by atoms with Gasteiger partial charge >= 0.3 is 5.69 Å². The maximum atomic E-state index is 12.8. The van der Waals surface area contributed by atoms with E-state index in [4.69, 9.17) is 0 Å². The molecular weight excluding hydrogens is 308 g/mol. The second-order valence-electron chi connectivity index (χ2n) is 6.27. The van der Waals surface area contributed by atoms with Gasteiger partial charge in [-0.25, -0.2) is 9.78 Å². The third kappa shape index (κ3) is 3.83. The van der Waals surface area contributed by atoms with E-state index in [0.717, 1.165) is 25.8 Å². The van der Waals surface area contributed by atoms with Gasteiger partial charge < -0.3 is 9.36 Å². The minimum atomic E-state index is -0.353.